The quantitative estimate of drug-likeness (QED) is 0.492. The van der Waals surface area contributed by atoms with E-state index in [1.54, 1.807) is 11.0 Å². The molecular weight excluding hydrogens is 428 g/mol. The first-order valence-corrected chi connectivity index (χ1v) is 10.3. The summed E-state index contributed by atoms with van der Waals surface area (Å²) in [6, 6.07) is 4.63. The number of hydrogen-bond donors (Lipinski definition) is 2. The summed E-state index contributed by atoms with van der Waals surface area (Å²) in [5.74, 6) is -1.75. The van der Waals surface area contributed by atoms with Crippen LogP contribution in [0, 0.1) is 0 Å². The Hall–Kier alpha value is -1.97. The molecule has 1 atom stereocenters. The first-order valence-electron chi connectivity index (χ1n) is 9.51. The number of likely N-dealkylation sites (N-methyl/N-ethyl adjacent to an activating group) is 1. The molecule has 2 N–H and O–H groups in total. The number of nitrogens with one attached hydrogen (secondary N) is 2. The van der Waals surface area contributed by atoms with Crippen LogP contribution in [0.5, 0.6) is 0 Å². The molecule has 152 valence electrons. The van der Waals surface area contributed by atoms with Crippen molar-refractivity contribution in [2.75, 3.05) is 50.8 Å². The summed E-state index contributed by atoms with van der Waals surface area (Å²) in [5.41, 5.74) is 1.45. The average Bonchev–Trinajstić information content (AvgIpc) is 2.96. The second-order valence-corrected chi connectivity index (χ2v) is 7.67. The van der Waals surface area contributed by atoms with E-state index in [4.69, 9.17) is 4.74 Å². The zero-order valence-electron chi connectivity index (χ0n) is 15.9. The second-order valence-electron chi connectivity index (χ2n) is 6.76. The van der Waals surface area contributed by atoms with Gasteiger partial charge in [0.05, 0.1) is 13.2 Å². The van der Waals surface area contributed by atoms with Gasteiger partial charge in [-0.25, -0.2) is 0 Å². The highest BCUT2D eigenvalue weighted by molar-refractivity contribution is 9.10. The molecule has 9 heteroatoms. The third kappa shape index (κ3) is 4.71. The molecule has 0 spiro atoms. The fourth-order valence-corrected chi connectivity index (χ4v) is 3.86. The molecule has 1 fully saturated rings. The smallest absolute Gasteiger partial charge is 0.310 e. The average molecular weight is 453 g/mol. The molecule has 0 unspecified atom stereocenters. The maximum absolute atomic E-state index is 12.6. The van der Waals surface area contributed by atoms with Crippen LogP contribution in [0.25, 0.3) is 0 Å². The van der Waals surface area contributed by atoms with Gasteiger partial charge in [-0.1, -0.05) is 15.9 Å². The largest absolute Gasteiger partial charge is 0.379 e. The van der Waals surface area contributed by atoms with Crippen molar-refractivity contribution >= 4 is 39.3 Å². The van der Waals surface area contributed by atoms with Crippen molar-refractivity contribution < 1.29 is 19.1 Å². The number of halogens is 1. The van der Waals surface area contributed by atoms with E-state index < -0.39 is 17.9 Å². The van der Waals surface area contributed by atoms with E-state index in [2.05, 4.69) is 31.5 Å². The molecule has 0 aliphatic carbocycles. The topological polar surface area (TPSA) is 91.0 Å². The zero-order valence-corrected chi connectivity index (χ0v) is 17.5. The van der Waals surface area contributed by atoms with Crippen molar-refractivity contribution in [1.82, 2.24) is 15.5 Å². The van der Waals surface area contributed by atoms with Crippen LogP contribution in [0.1, 0.15) is 24.9 Å². The van der Waals surface area contributed by atoms with Crippen molar-refractivity contribution in [3.8, 4) is 0 Å². The lowest BCUT2D eigenvalue weighted by atomic mass is 10.1. The van der Waals surface area contributed by atoms with Crippen LogP contribution in [0.15, 0.2) is 22.7 Å². The minimum Gasteiger partial charge on any atom is -0.379 e. The highest BCUT2D eigenvalue weighted by Crippen LogP contribution is 2.37. The molecule has 0 aromatic heterocycles. The van der Waals surface area contributed by atoms with Gasteiger partial charge in [-0.15, -0.1) is 0 Å². The van der Waals surface area contributed by atoms with Gasteiger partial charge in [0.15, 0.2) is 0 Å². The third-order valence-corrected chi connectivity index (χ3v) is 5.44. The molecule has 0 radical (unpaired) electrons. The Morgan fingerprint density at radius 2 is 2.00 bits per heavy atom. The Balaban J connectivity index is 1.51. The summed E-state index contributed by atoms with van der Waals surface area (Å²) in [6.07, 6.45) is 0.751. The molecule has 2 aliphatic heterocycles. The normalized spacial score (nSPS) is 19.4. The lowest BCUT2D eigenvalue weighted by molar-refractivity contribution is -0.140. The number of amides is 3. The molecular formula is C19H25BrN4O4. The van der Waals surface area contributed by atoms with E-state index in [0.29, 0.717) is 18.7 Å². The van der Waals surface area contributed by atoms with E-state index >= 15 is 0 Å². The number of fused-ring (bicyclic) bond motifs is 1. The number of morpholine rings is 1. The second kappa shape index (κ2) is 9.49. The van der Waals surface area contributed by atoms with Crippen LogP contribution < -0.4 is 15.5 Å². The van der Waals surface area contributed by atoms with Gasteiger partial charge >= 0.3 is 11.8 Å². The molecule has 3 amide bonds. The highest BCUT2D eigenvalue weighted by atomic mass is 79.9. The number of benzene rings is 1. The molecule has 0 saturated carbocycles. The SMILES string of the molecule is CCN1C(=O)[C@@H](NC(=O)C(=O)NCCCN2CCOCC2)c2cc(Br)ccc21. The van der Waals surface area contributed by atoms with E-state index in [1.807, 2.05) is 19.1 Å². The van der Waals surface area contributed by atoms with Gasteiger partial charge in [0.2, 0.25) is 0 Å². The Kier molecular flexibility index (Phi) is 7.03. The molecule has 1 aromatic carbocycles. The van der Waals surface area contributed by atoms with Crippen molar-refractivity contribution in [2.24, 2.45) is 0 Å². The fraction of sp³-hybridized carbons (Fsp3) is 0.526. The van der Waals surface area contributed by atoms with E-state index in [1.165, 1.54) is 0 Å². The lowest BCUT2D eigenvalue weighted by Crippen LogP contribution is -2.45. The molecule has 2 heterocycles. The first-order chi connectivity index (χ1) is 13.5. The van der Waals surface area contributed by atoms with Crippen LogP contribution in [0.3, 0.4) is 0 Å². The van der Waals surface area contributed by atoms with E-state index in [0.717, 1.165) is 49.4 Å². The monoisotopic (exact) mass is 452 g/mol. The van der Waals surface area contributed by atoms with Gasteiger partial charge in [0.1, 0.15) is 6.04 Å². The van der Waals surface area contributed by atoms with Crippen LogP contribution in [-0.4, -0.2) is 68.6 Å². The van der Waals surface area contributed by atoms with Crippen molar-refractivity contribution in [3.63, 3.8) is 0 Å². The van der Waals surface area contributed by atoms with Crippen LogP contribution >= 0.6 is 15.9 Å². The van der Waals surface area contributed by atoms with Crippen LogP contribution in [0.4, 0.5) is 5.69 Å². The minimum absolute atomic E-state index is 0.232. The van der Waals surface area contributed by atoms with E-state index in [-0.39, 0.29) is 5.91 Å². The number of ether oxygens (including phenoxy) is 1. The summed E-state index contributed by atoms with van der Waals surface area (Å²) in [6.45, 7) is 6.86. The van der Waals surface area contributed by atoms with Gasteiger partial charge < -0.3 is 20.3 Å². The Bertz CT molecular complexity index is 751. The van der Waals surface area contributed by atoms with Gasteiger partial charge in [0.25, 0.3) is 5.91 Å². The maximum atomic E-state index is 12.6. The first kappa shape index (κ1) is 20.8. The summed E-state index contributed by atoms with van der Waals surface area (Å²) in [7, 11) is 0. The predicted molar refractivity (Wildman–Crippen MR) is 108 cm³/mol. The molecule has 1 aromatic rings. The zero-order chi connectivity index (χ0) is 20.1. The highest BCUT2D eigenvalue weighted by Gasteiger charge is 2.38. The Morgan fingerprint density at radius 1 is 1.25 bits per heavy atom. The van der Waals surface area contributed by atoms with Gasteiger partial charge in [-0.2, -0.15) is 0 Å². The number of rotatable bonds is 6. The standard InChI is InChI=1S/C19H25BrN4O4/c1-2-24-15-5-4-13(20)12-14(15)16(19(24)27)22-18(26)17(25)21-6-3-7-23-8-10-28-11-9-23/h4-5,12,16H,2-3,6-11H2,1H3,(H,21,25)(H,22,26)/t16-/m0/s1. The van der Waals surface area contributed by atoms with Gasteiger partial charge in [-0.05, 0) is 38.1 Å². The summed E-state index contributed by atoms with van der Waals surface area (Å²) < 4.78 is 6.11. The van der Waals surface area contributed by atoms with Crippen molar-refractivity contribution in [2.45, 2.75) is 19.4 Å². The number of anilines is 1. The number of carbonyl (C=O) groups is 3. The predicted octanol–water partition coefficient (Wildman–Crippen LogP) is 0.811. The van der Waals surface area contributed by atoms with Crippen molar-refractivity contribution in [3.05, 3.63) is 28.2 Å². The Labute approximate surface area is 172 Å². The summed E-state index contributed by atoms with van der Waals surface area (Å²) >= 11 is 3.39. The van der Waals surface area contributed by atoms with Gasteiger partial charge in [0, 0.05) is 41.9 Å². The number of hydrogen-bond acceptors (Lipinski definition) is 5. The number of nitrogens with zero attached hydrogens (tertiary/aromatic N) is 2. The lowest BCUT2D eigenvalue weighted by Gasteiger charge is -2.26. The molecule has 2 aliphatic rings. The van der Waals surface area contributed by atoms with Crippen LogP contribution in [-0.2, 0) is 19.1 Å². The van der Waals surface area contributed by atoms with Crippen molar-refractivity contribution in [1.29, 1.82) is 0 Å². The fourth-order valence-electron chi connectivity index (χ4n) is 3.48. The molecule has 28 heavy (non-hydrogen) atoms. The maximum Gasteiger partial charge on any atom is 0.310 e. The minimum atomic E-state index is -0.848. The number of carbonyl (C=O) groups excluding carboxylic acids is 3. The molecule has 1 saturated heterocycles. The summed E-state index contributed by atoms with van der Waals surface area (Å²) in [5, 5.41) is 5.20. The summed E-state index contributed by atoms with van der Waals surface area (Å²) in [4.78, 5) is 40.9. The Morgan fingerprint density at radius 3 is 2.71 bits per heavy atom. The third-order valence-electron chi connectivity index (χ3n) is 4.94. The van der Waals surface area contributed by atoms with E-state index in [9.17, 15) is 14.4 Å². The molecule has 3 rings (SSSR count). The van der Waals surface area contributed by atoms with Gasteiger partial charge in [-0.3, -0.25) is 19.3 Å². The molecule has 8 nitrogen and oxygen atoms in total. The molecule has 0 bridgehead atoms. The van der Waals surface area contributed by atoms with Crippen LogP contribution in [0.2, 0.25) is 0 Å².